The summed E-state index contributed by atoms with van der Waals surface area (Å²) >= 11 is 0. The molecule has 1 heterocycles. The van der Waals surface area contributed by atoms with Crippen molar-refractivity contribution >= 4 is 31.5 Å². The van der Waals surface area contributed by atoms with Gasteiger partial charge in [0.1, 0.15) is 0 Å². The molecule has 116 valence electrons. The van der Waals surface area contributed by atoms with E-state index in [1.807, 2.05) is 0 Å². The summed E-state index contributed by atoms with van der Waals surface area (Å²) < 4.78 is 44.8. The van der Waals surface area contributed by atoms with Crippen LogP contribution in [0.1, 0.15) is 12.8 Å². The maximum atomic E-state index is 11.8. The molecule has 0 radical (unpaired) electrons. The molecule has 0 aromatic heterocycles. The first kappa shape index (κ1) is 15.9. The summed E-state index contributed by atoms with van der Waals surface area (Å²) in [7, 11) is -6.76. The fraction of sp³-hybridized carbons (Fsp3) is 0.417. The van der Waals surface area contributed by atoms with Crippen LogP contribution in [0, 0.1) is 5.92 Å². The third-order valence-corrected chi connectivity index (χ3v) is 6.03. The van der Waals surface area contributed by atoms with E-state index >= 15 is 0 Å². The predicted octanol–water partition coefficient (Wildman–Crippen LogP) is 0.0973. The van der Waals surface area contributed by atoms with Crippen LogP contribution in [0.15, 0.2) is 29.2 Å². The van der Waals surface area contributed by atoms with Gasteiger partial charge in [-0.15, -0.1) is 0 Å². The Hall–Kier alpha value is -1.45. The zero-order valence-corrected chi connectivity index (χ0v) is 12.8. The SMILES string of the molecule is NS(=O)(=O)c1ccc(NC(=O)C[C@@H]2CCS(=O)(=O)C2)cc1. The molecular weight excluding hydrogens is 316 g/mol. The van der Waals surface area contributed by atoms with Crippen molar-refractivity contribution in [3.8, 4) is 0 Å². The van der Waals surface area contributed by atoms with E-state index in [0.717, 1.165) is 0 Å². The van der Waals surface area contributed by atoms with E-state index in [2.05, 4.69) is 5.32 Å². The maximum Gasteiger partial charge on any atom is 0.238 e. The molecule has 0 unspecified atom stereocenters. The molecule has 1 fully saturated rings. The van der Waals surface area contributed by atoms with Crippen LogP contribution in [0.3, 0.4) is 0 Å². The van der Waals surface area contributed by atoms with Crippen molar-refractivity contribution in [1.82, 2.24) is 0 Å². The molecule has 0 bridgehead atoms. The van der Waals surface area contributed by atoms with E-state index in [1.165, 1.54) is 24.3 Å². The molecule has 1 saturated heterocycles. The van der Waals surface area contributed by atoms with E-state index in [4.69, 9.17) is 5.14 Å². The zero-order chi connectivity index (χ0) is 15.7. The summed E-state index contributed by atoms with van der Waals surface area (Å²) in [4.78, 5) is 11.8. The fourth-order valence-electron chi connectivity index (χ4n) is 2.24. The van der Waals surface area contributed by atoms with Gasteiger partial charge in [-0.1, -0.05) is 0 Å². The Bertz CT molecular complexity index is 738. The average Bonchev–Trinajstić information content (AvgIpc) is 2.68. The van der Waals surface area contributed by atoms with Gasteiger partial charge in [0.2, 0.25) is 15.9 Å². The van der Waals surface area contributed by atoms with E-state index in [9.17, 15) is 21.6 Å². The number of sulfone groups is 1. The smallest absolute Gasteiger partial charge is 0.238 e. The molecule has 3 N–H and O–H groups in total. The second-order valence-electron chi connectivity index (χ2n) is 5.09. The molecule has 0 spiro atoms. The summed E-state index contributed by atoms with van der Waals surface area (Å²) in [5, 5.41) is 7.58. The molecule has 1 amide bonds. The van der Waals surface area contributed by atoms with Gasteiger partial charge in [0.05, 0.1) is 16.4 Å². The first-order chi connectivity index (χ1) is 9.66. The van der Waals surface area contributed by atoms with E-state index in [0.29, 0.717) is 12.1 Å². The molecule has 7 nitrogen and oxygen atoms in total. The number of amides is 1. The lowest BCUT2D eigenvalue weighted by Gasteiger charge is -2.09. The number of sulfonamides is 1. The highest BCUT2D eigenvalue weighted by atomic mass is 32.2. The molecule has 21 heavy (non-hydrogen) atoms. The van der Waals surface area contributed by atoms with Gasteiger partial charge < -0.3 is 5.32 Å². The molecule has 1 aromatic rings. The summed E-state index contributed by atoms with van der Waals surface area (Å²) in [5.41, 5.74) is 0.438. The van der Waals surface area contributed by atoms with Crippen LogP contribution in [-0.4, -0.2) is 34.2 Å². The van der Waals surface area contributed by atoms with Crippen LogP contribution in [0.2, 0.25) is 0 Å². The number of nitrogens with two attached hydrogens (primary N) is 1. The number of hydrogen-bond acceptors (Lipinski definition) is 5. The highest BCUT2D eigenvalue weighted by Gasteiger charge is 2.29. The Morgan fingerprint density at radius 1 is 1.29 bits per heavy atom. The standard InChI is InChI=1S/C12H16N2O5S2/c13-21(18,19)11-3-1-10(2-4-11)14-12(15)7-9-5-6-20(16,17)8-9/h1-4,9H,5-8H2,(H,14,15)(H2,13,18,19)/t9-/m0/s1. The molecule has 1 aliphatic rings. The molecule has 1 aromatic carbocycles. The first-order valence-corrected chi connectivity index (χ1v) is 9.66. The minimum absolute atomic E-state index is 0.0395. The van der Waals surface area contributed by atoms with Crippen LogP contribution < -0.4 is 10.5 Å². The van der Waals surface area contributed by atoms with Gasteiger partial charge in [-0.3, -0.25) is 4.79 Å². The number of primary sulfonamides is 1. The topological polar surface area (TPSA) is 123 Å². The average molecular weight is 332 g/mol. The van der Waals surface area contributed by atoms with Gasteiger partial charge in [-0.25, -0.2) is 22.0 Å². The van der Waals surface area contributed by atoms with Crippen molar-refractivity contribution in [1.29, 1.82) is 0 Å². The minimum Gasteiger partial charge on any atom is -0.326 e. The Labute approximate surface area is 123 Å². The van der Waals surface area contributed by atoms with Crippen molar-refractivity contribution in [2.24, 2.45) is 11.1 Å². The van der Waals surface area contributed by atoms with Crippen LogP contribution >= 0.6 is 0 Å². The Morgan fingerprint density at radius 3 is 2.38 bits per heavy atom. The van der Waals surface area contributed by atoms with Crippen LogP contribution in [0.25, 0.3) is 0 Å². The third kappa shape index (κ3) is 4.51. The highest BCUT2D eigenvalue weighted by molar-refractivity contribution is 7.91. The predicted molar refractivity (Wildman–Crippen MR) is 77.8 cm³/mol. The van der Waals surface area contributed by atoms with E-state index < -0.39 is 19.9 Å². The Kier molecular flexibility index (Phi) is 4.35. The number of carbonyl (C=O) groups excluding carboxylic acids is 1. The lowest BCUT2D eigenvalue weighted by Crippen LogP contribution is -2.17. The van der Waals surface area contributed by atoms with Gasteiger partial charge in [0, 0.05) is 12.1 Å². The summed E-state index contributed by atoms with van der Waals surface area (Å²) in [6, 6.07) is 5.46. The first-order valence-electron chi connectivity index (χ1n) is 6.29. The molecule has 9 heteroatoms. The lowest BCUT2D eigenvalue weighted by molar-refractivity contribution is -0.116. The monoisotopic (exact) mass is 332 g/mol. The molecule has 1 aliphatic heterocycles. The second kappa shape index (κ2) is 5.74. The second-order valence-corrected chi connectivity index (χ2v) is 8.88. The normalized spacial score (nSPS) is 21.1. The molecular formula is C12H16N2O5S2. The van der Waals surface area contributed by atoms with Crippen LogP contribution in [0.5, 0.6) is 0 Å². The summed E-state index contributed by atoms with van der Waals surface area (Å²) in [6.07, 6.45) is 0.635. The third-order valence-electron chi connectivity index (χ3n) is 3.27. The number of hydrogen-bond donors (Lipinski definition) is 2. The minimum atomic E-state index is -3.76. The van der Waals surface area contributed by atoms with Crippen molar-refractivity contribution in [3.63, 3.8) is 0 Å². The van der Waals surface area contributed by atoms with E-state index in [1.54, 1.807) is 0 Å². The molecule has 0 saturated carbocycles. The zero-order valence-electron chi connectivity index (χ0n) is 11.2. The molecule has 1 atom stereocenters. The van der Waals surface area contributed by atoms with Crippen LogP contribution in [0.4, 0.5) is 5.69 Å². The van der Waals surface area contributed by atoms with Gasteiger partial charge in [0.15, 0.2) is 9.84 Å². The van der Waals surface area contributed by atoms with Gasteiger partial charge in [-0.2, -0.15) is 0 Å². The number of carbonyl (C=O) groups is 1. The number of anilines is 1. The molecule has 0 aliphatic carbocycles. The number of nitrogens with one attached hydrogen (secondary N) is 1. The lowest BCUT2D eigenvalue weighted by atomic mass is 10.1. The van der Waals surface area contributed by atoms with Crippen LogP contribution in [-0.2, 0) is 24.7 Å². The summed E-state index contributed by atoms with van der Waals surface area (Å²) in [6.45, 7) is 0. The number of benzene rings is 1. The summed E-state index contributed by atoms with van der Waals surface area (Å²) in [5.74, 6) is -0.266. The molecule has 2 rings (SSSR count). The largest absolute Gasteiger partial charge is 0.326 e. The Morgan fingerprint density at radius 2 is 1.90 bits per heavy atom. The van der Waals surface area contributed by atoms with Gasteiger partial charge in [0.25, 0.3) is 0 Å². The van der Waals surface area contributed by atoms with E-state index in [-0.39, 0.29) is 34.6 Å². The van der Waals surface area contributed by atoms with Crippen molar-refractivity contribution < 1.29 is 21.6 Å². The Balaban J connectivity index is 1.94. The quantitative estimate of drug-likeness (QED) is 0.809. The van der Waals surface area contributed by atoms with Gasteiger partial charge >= 0.3 is 0 Å². The number of rotatable bonds is 4. The maximum absolute atomic E-state index is 11.8. The van der Waals surface area contributed by atoms with Crippen molar-refractivity contribution in [3.05, 3.63) is 24.3 Å². The fourth-order valence-corrected chi connectivity index (χ4v) is 4.61. The highest BCUT2D eigenvalue weighted by Crippen LogP contribution is 2.22. The van der Waals surface area contributed by atoms with Gasteiger partial charge in [-0.05, 0) is 36.6 Å². The van der Waals surface area contributed by atoms with Crippen molar-refractivity contribution in [2.45, 2.75) is 17.7 Å². The van der Waals surface area contributed by atoms with Crippen molar-refractivity contribution in [2.75, 3.05) is 16.8 Å².